The summed E-state index contributed by atoms with van der Waals surface area (Å²) >= 11 is 0. The molecule has 0 spiro atoms. The van der Waals surface area contributed by atoms with E-state index in [1.165, 1.54) is 28.9 Å². The third-order valence-electron chi connectivity index (χ3n) is 9.26. The van der Waals surface area contributed by atoms with Crippen LogP contribution in [0.4, 0.5) is 0 Å². The molecule has 2 aliphatic carbocycles. The van der Waals surface area contributed by atoms with Gasteiger partial charge >= 0.3 is 5.97 Å². The molecule has 2 N–H and O–H groups in total. The molecule has 168 valence electrons. The van der Waals surface area contributed by atoms with Crippen molar-refractivity contribution < 1.29 is 19.5 Å². The molecule has 0 amide bonds. The van der Waals surface area contributed by atoms with Crippen molar-refractivity contribution in [1.29, 1.82) is 0 Å². The summed E-state index contributed by atoms with van der Waals surface area (Å²) in [5.41, 5.74) is 2.55. The summed E-state index contributed by atoms with van der Waals surface area (Å²) in [5.74, 6) is 0.909. The number of hydrogen-bond acceptors (Lipinski definition) is 3. The fraction of sp³-hybridized carbons (Fsp3) is 0.667. The number of aliphatic hydroxyl groups excluding tert-OH is 1. The van der Waals surface area contributed by atoms with Crippen LogP contribution in [0.3, 0.4) is 0 Å². The maximum absolute atomic E-state index is 12.9. The van der Waals surface area contributed by atoms with Crippen LogP contribution in [0.15, 0.2) is 42.0 Å². The van der Waals surface area contributed by atoms with Crippen LogP contribution < -0.4 is 4.90 Å². The Balaban J connectivity index is 1.24. The van der Waals surface area contributed by atoms with Gasteiger partial charge < -0.3 is 14.7 Å². The molecule has 0 unspecified atom stereocenters. The van der Waals surface area contributed by atoms with E-state index in [1.807, 2.05) is 0 Å². The number of aliphatic hydroxyl groups is 1. The van der Waals surface area contributed by atoms with E-state index in [0.717, 1.165) is 51.2 Å². The van der Waals surface area contributed by atoms with Crippen LogP contribution >= 0.6 is 0 Å². The standard InChI is InChI=1S/C27H37NO3/c1-18-7-6-10-21-16-23-24(25(29)27(18,21)2)22(26(30)31-23)17-28-13-11-20(12-14-28)15-19-8-4-3-5-9-19/h3-5,8-10,18,20,22-25,29H,6-7,11-17H2,1-2H3/p+1/t18-,22-,23+,24+,25-,27+/m0/s1. The van der Waals surface area contributed by atoms with Crippen molar-refractivity contribution in [1.82, 2.24) is 0 Å². The second kappa shape index (κ2) is 8.37. The number of benzene rings is 1. The van der Waals surface area contributed by atoms with Crippen LogP contribution in [0, 0.1) is 29.1 Å². The molecule has 6 atom stereocenters. The summed E-state index contributed by atoms with van der Waals surface area (Å²) in [7, 11) is 0. The summed E-state index contributed by atoms with van der Waals surface area (Å²) in [4.78, 5) is 14.4. The zero-order valence-electron chi connectivity index (χ0n) is 19.1. The van der Waals surface area contributed by atoms with E-state index in [1.54, 1.807) is 0 Å². The summed E-state index contributed by atoms with van der Waals surface area (Å²) < 4.78 is 5.87. The molecule has 1 saturated carbocycles. The zero-order valence-corrected chi connectivity index (χ0v) is 19.1. The van der Waals surface area contributed by atoms with Crippen molar-refractivity contribution in [3.05, 3.63) is 47.5 Å². The first-order valence-corrected chi connectivity index (χ1v) is 12.4. The Morgan fingerprint density at radius 3 is 2.65 bits per heavy atom. The Kier molecular flexibility index (Phi) is 5.72. The number of esters is 1. The van der Waals surface area contributed by atoms with Gasteiger partial charge in [-0.25, -0.2) is 0 Å². The second-order valence-corrected chi connectivity index (χ2v) is 10.9. The molecule has 0 bridgehead atoms. The lowest BCUT2D eigenvalue weighted by molar-refractivity contribution is -0.909. The van der Waals surface area contributed by atoms with Crippen LogP contribution in [0.25, 0.3) is 0 Å². The Morgan fingerprint density at radius 1 is 1.16 bits per heavy atom. The smallest absolute Gasteiger partial charge is 0.315 e. The zero-order chi connectivity index (χ0) is 21.6. The maximum atomic E-state index is 12.9. The quantitative estimate of drug-likeness (QED) is 0.577. The van der Waals surface area contributed by atoms with Crippen LogP contribution in [-0.4, -0.2) is 42.9 Å². The summed E-state index contributed by atoms with van der Waals surface area (Å²) in [5, 5.41) is 11.5. The molecule has 0 radical (unpaired) electrons. The average molecular weight is 425 g/mol. The lowest BCUT2D eigenvalue weighted by Gasteiger charge is -2.51. The molecule has 4 aliphatic rings. The molecule has 2 aliphatic heterocycles. The predicted octanol–water partition coefficient (Wildman–Crippen LogP) is 2.81. The van der Waals surface area contributed by atoms with Gasteiger partial charge in [0.1, 0.15) is 12.0 Å². The summed E-state index contributed by atoms with van der Waals surface area (Å²) in [6, 6.07) is 10.8. The number of rotatable bonds is 4. The van der Waals surface area contributed by atoms with Crippen molar-refractivity contribution in [3.63, 3.8) is 0 Å². The molecule has 3 fully saturated rings. The average Bonchev–Trinajstić information content (AvgIpc) is 3.07. The summed E-state index contributed by atoms with van der Waals surface area (Å²) in [6.45, 7) is 7.55. The lowest BCUT2D eigenvalue weighted by atomic mass is 9.55. The van der Waals surface area contributed by atoms with Gasteiger partial charge in [0.25, 0.3) is 0 Å². The number of fused-ring (bicyclic) bond motifs is 2. The minimum absolute atomic E-state index is 0.0512. The van der Waals surface area contributed by atoms with Gasteiger partial charge in [-0.1, -0.05) is 55.8 Å². The minimum Gasteiger partial charge on any atom is -0.461 e. The predicted molar refractivity (Wildman–Crippen MR) is 121 cm³/mol. The van der Waals surface area contributed by atoms with E-state index in [4.69, 9.17) is 4.74 Å². The summed E-state index contributed by atoms with van der Waals surface area (Å²) in [6.07, 6.45) is 8.29. The molecule has 2 heterocycles. The van der Waals surface area contributed by atoms with Crippen molar-refractivity contribution >= 4 is 5.97 Å². The molecule has 2 saturated heterocycles. The Morgan fingerprint density at radius 2 is 1.90 bits per heavy atom. The third-order valence-corrected chi connectivity index (χ3v) is 9.26. The van der Waals surface area contributed by atoms with Crippen molar-refractivity contribution in [3.8, 4) is 0 Å². The minimum atomic E-state index is -0.487. The van der Waals surface area contributed by atoms with Crippen LogP contribution in [-0.2, 0) is 16.0 Å². The number of carbonyl (C=O) groups excluding carboxylic acids is 1. The van der Waals surface area contributed by atoms with Crippen LogP contribution in [0.2, 0.25) is 0 Å². The van der Waals surface area contributed by atoms with Crippen molar-refractivity contribution in [2.45, 2.75) is 64.6 Å². The highest BCUT2D eigenvalue weighted by molar-refractivity contribution is 5.76. The van der Waals surface area contributed by atoms with Gasteiger partial charge in [0.15, 0.2) is 0 Å². The largest absolute Gasteiger partial charge is 0.461 e. The van der Waals surface area contributed by atoms with Gasteiger partial charge in [-0.05, 0) is 49.5 Å². The monoisotopic (exact) mass is 424 g/mol. The molecule has 5 rings (SSSR count). The first-order valence-electron chi connectivity index (χ1n) is 12.4. The molecule has 0 aromatic heterocycles. The van der Waals surface area contributed by atoms with Crippen molar-refractivity contribution in [2.75, 3.05) is 19.6 Å². The third kappa shape index (κ3) is 3.76. The number of likely N-dealkylation sites (tertiary alicyclic amines) is 1. The molecule has 1 aromatic rings. The first kappa shape index (κ1) is 21.2. The topological polar surface area (TPSA) is 51.0 Å². The van der Waals surface area contributed by atoms with E-state index >= 15 is 0 Å². The second-order valence-electron chi connectivity index (χ2n) is 10.9. The SMILES string of the molecule is C[C@H]1CCC=C2C[C@H]3OC(=O)[C@@H](C[NH+]4CCC(Cc5ccccc5)CC4)[C@H]3[C@H](O)[C@@]21C. The van der Waals surface area contributed by atoms with Gasteiger partial charge in [-0.15, -0.1) is 0 Å². The van der Waals surface area contributed by atoms with E-state index in [9.17, 15) is 9.90 Å². The number of nitrogens with one attached hydrogen (secondary N) is 1. The van der Waals surface area contributed by atoms with Gasteiger partial charge in [-0.2, -0.15) is 0 Å². The van der Waals surface area contributed by atoms with Crippen LogP contribution in [0.1, 0.15) is 51.5 Å². The Bertz CT molecular complexity index is 828. The van der Waals surface area contributed by atoms with Gasteiger partial charge in [0, 0.05) is 17.8 Å². The molecule has 4 heteroatoms. The highest BCUT2D eigenvalue weighted by Crippen LogP contribution is 2.55. The molecule has 1 aromatic carbocycles. The van der Waals surface area contributed by atoms with Gasteiger partial charge in [0.05, 0.1) is 25.7 Å². The van der Waals surface area contributed by atoms with E-state index in [0.29, 0.717) is 5.92 Å². The van der Waals surface area contributed by atoms with E-state index in [-0.39, 0.29) is 29.3 Å². The normalized spacial score (nSPS) is 42.4. The lowest BCUT2D eigenvalue weighted by Crippen LogP contribution is -3.14. The number of ether oxygens (including phenoxy) is 1. The number of piperidine rings is 1. The fourth-order valence-electron chi connectivity index (χ4n) is 7.05. The Hall–Kier alpha value is -1.65. The molecule has 4 nitrogen and oxygen atoms in total. The number of hydrogen-bond donors (Lipinski definition) is 2. The highest BCUT2D eigenvalue weighted by atomic mass is 16.6. The van der Waals surface area contributed by atoms with E-state index < -0.39 is 6.10 Å². The fourth-order valence-corrected chi connectivity index (χ4v) is 7.05. The van der Waals surface area contributed by atoms with Gasteiger partial charge in [0.2, 0.25) is 0 Å². The van der Waals surface area contributed by atoms with Crippen LogP contribution in [0.5, 0.6) is 0 Å². The molecular weight excluding hydrogens is 386 g/mol. The number of quaternary nitrogens is 1. The number of allylic oxidation sites excluding steroid dienone is 1. The Labute approximate surface area is 186 Å². The van der Waals surface area contributed by atoms with Gasteiger partial charge in [-0.3, -0.25) is 4.79 Å². The molecular formula is C27H38NO3+. The highest BCUT2D eigenvalue weighted by Gasteiger charge is 2.60. The number of carbonyl (C=O) groups is 1. The molecule has 31 heavy (non-hydrogen) atoms. The van der Waals surface area contributed by atoms with Crippen molar-refractivity contribution in [2.24, 2.45) is 29.1 Å². The first-order chi connectivity index (χ1) is 15.0. The van der Waals surface area contributed by atoms with E-state index in [2.05, 4.69) is 50.3 Å². The maximum Gasteiger partial charge on any atom is 0.315 e.